The molecule has 0 N–H and O–H groups in total. The van der Waals surface area contributed by atoms with E-state index in [1.807, 2.05) is 36.2 Å². The van der Waals surface area contributed by atoms with Crippen molar-refractivity contribution >= 4 is 17.6 Å². The van der Waals surface area contributed by atoms with E-state index in [0.29, 0.717) is 68.3 Å². The third-order valence-corrected chi connectivity index (χ3v) is 12.6. The molecular formula is C47H55F6N5O4. The highest BCUT2D eigenvalue weighted by atomic mass is 19.4. The molecule has 0 spiro atoms. The third kappa shape index (κ3) is 10.5. The predicted octanol–water partition coefficient (Wildman–Crippen LogP) is 10.9. The Labute approximate surface area is 359 Å². The molecule has 334 valence electrons. The fraction of sp³-hybridized carbons (Fsp3) is 0.532. The maximum Gasteiger partial charge on any atom is 0.416 e. The molecule has 1 saturated heterocycles. The van der Waals surface area contributed by atoms with Gasteiger partial charge in [-0.05, 0) is 90.8 Å². The first kappa shape index (κ1) is 45.1. The van der Waals surface area contributed by atoms with Gasteiger partial charge in [0.15, 0.2) is 6.17 Å². The van der Waals surface area contributed by atoms with E-state index in [2.05, 4.69) is 28.7 Å². The van der Waals surface area contributed by atoms with Crippen LogP contribution in [0.15, 0.2) is 60.9 Å². The summed E-state index contributed by atoms with van der Waals surface area (Å²) in [4.78, 5) is 29.7. The van der Waals surface area contributed by atoms with Gasteiger partial charge in [0.2, 0.25) is 11.9 Å². The quantitative estimate of drug-likeness (QED) is 0.0962. The van der Waals surface area contributed by atoms with Gasteiger partial charge in [0.1, 0.15) is 12.4 Å². The Morgan fingerprint density at radius 1 is 0.935 bits per heavy atom. The molecule has 62 heavy (non-hydrogen) atoms. The number of aromatic nitrogens is 3. The third-order valence-electron chi connectivity index (χ3n) is 12.6. The number of pyridine rings is 1. The zero-order valence-corrected chi connectivity index (χ0v) is 35.9. The molecule has 2 aromatic heterocycles. The summed E-state index contributed by atoms with van der Waals surface area (Å²) >= 11 is 0. The van der Waals surface area contributed by atoms with Gasteiger partial charge in [0, 0.05) is 62.6 Å². The van der Waals surface area contributed by atoms with E-state index in [0.717, 1.165) is 34.6 Å². The summed E-state index contributed by atoms with van der Waals surface area (Å²) in [5.41, 5.74) is 3.43. The van der Waals surface area contributed by atoms with Crippen LogP contribution in [-0.4, -0.2) is 67.2 Å². The number of methoxy groups -OCH3 is 1. The fourth-order valence-electron chi connectivity index (χ4n) is 9.23. The van der Waals surface area contributed by atoms with Crippen LogP contribution in [0.2, 0.25) is 0 Å². The van der Waals surface area contributed by atoms with Crippen molar-refractivity contribution in [2.24, 2.45) is 5.41 Å². The van der Waals surface area contributed by atoms with Gasteiger partial charge in [-0.25, -0.2) is 23.1 Å². The molecule has 1 saturated carbocycles. The van der Waals surface area contributed by atoms with E-state index in [9.17, 15) is 26.7 Å². The Morgan fingerprint density at radius 2 is 1.58 bits per heavy atom. The summed E-state index contributed by atoms with van der Waals surface area (Å²) in [7, 11) is 3.44. The van der Waals surface area contributed by atoms with Gasteiger partial charge in [-0.15, -0.1) is 0 Å². The van der Waals surface area contributed by atoms with Crippen molar-refractivity contribution in [1.29, 1.82) is 0 Å². The molecule has 2 atom stereocenters. The fourth-order valence-corrected chi connectivity index (χ4v) is 9.23. The van der Waals surface area contributed by atoms with Crippen LogP contribution in [0, 0.1) is 5.41 Å². The molecule has 0 unspecified atom stereocenters. The monoisotopic (exact) mass is 867 g/mol. The number of benzene rings is 2. The molecule has 3 aliphatic rings. The number of piperidine rings is 1. The van der Waals surface area contributed by atoms with Crippen LogP contribution < -0.4 is 14.5 Å². The lowest BCUT2D eigenvalue weighted by Gasteiger charge is -2.42. The average molecular weight is 868 g/mol. The number of rotatable bonds is 13. The number of hydrogen-bond donors (Lipinski definition) is 0. The van der Waals surface area contributed by atoms with Crippen LogP contribution in [-0.2, 0) is 33.5 Å². The molecule has 2 aliphatic carbocycles. The minimum absolute atomic E-state index is 0.0407. The number of alkyl halides is 6. The Hall–Kier alpha value is -4.92. The maximum atomic E-state index is 17.8. The standard InChI is InChI=1S/C47H55F6N5O4/c1-29(59)61-23-22-57(4)35-26-54-44(55-27-35)58-20-16-33(17-21-58)43-41(42(48)32-8-10-34(11-9-32)47(51,52)53)39(31-14-18-46(49,50)19-15-31)40-37(56-43)24-45(2,3)25-38(40)62-28-30-6-12-36(60-5)13-7-30/h6-13,26-27,31,33,38,42H,14-25,28H2,1-5H3/t38-,42-/m0/s1. The van der Waals surface area contributed by atoms with E-state index >= 15 is 4.39 Å². The second kappa shape index (κ2) is 18.4. The van der Waals surface area contributed by atoms with E-state index in [1.54, 1.807) is 19.5 Å². The zero-order chi connectivity index (χ0) is 44.4. The number of esters is 1. The summed E-state index contributed by atoms with van der Waals surface area (Å²) in [6.45, 7) is 7.58. The topological polar surface area (TPSA) is 89.9 Å². The van der Waals surface area contributed by atoms with Crippen molar-refractivity contribution in [1.82, 2.24) is 15.0 Å². The Balaban J connectivity index is 1.28. The van der Waals surface area contributed by atoms with E-state index < -0.39 is 35.9 Å². The smallest absolute Gasteiger partial charge is 0.416 e. The van der Waals surface area contributed by atoms with Gasteiger partial charge in [-0.1, -0.05) is 38.1 Å². The highest BCUT2D eigenvalue weighted by Gasteiger charge is 2.44. The molecule has 9 nitrogen and oxygen atoms in total. The number of hydrogen-bond acceptors (Lipinski definition) is 9. The number of halogens is 6. The second-order valence-electron chi connectivity index (χ2n) is 17.8. The van der Waals surface area contributed by atoms with Gasteiger partial charge in [0.25, 0.3) is 0 Å². The van der Waals surface area contributed by atoms with Crippen molar-refractivity contribution in [2.75, 3.05) is 50.2 Å². The summed E-state index contributed by atoms with van der Waals surface area (Å²) in [6.07, 6.45) is -1.87. The number of fused-ring (bicyclic) bond motifs is 1. The molecule has 0 radical (unpaired) electrons. The lowest BCUT2D eigenvalue weighted by atomic mass is 9.68. The highest BCUT2D eigenvalue weighted by Crippen LogP contribution is 2.53. The predicted molar refractivity (Wildman–Crippen MR) is 224 cm³/mol. The van der Waals surface area contributed by atoms with Crippen LogP contribution in [0.5, 0.6) is 5.75 Å². The molecule has 2 fully saturated rings. The first-order chi connectivity index (χ1) is 29.4. The molecule has 3 heterocycles. The summed E-state index contributed by atoms with van der Waals surface area (Å²) in [5.74, 6) is -2.69. The summed E-state index contributed by atoms with van der Waals surface area (Å²) in [6, 6.07) is 11.6. The largest absolute Gasteiger partial charge is 0.497 e. The van der Waals surface area contributed by atoms with Gasteiger partial charge in [-0.3, -0.25) is 9.78 Å². The lowest BCUT2D eigenvalue weighted by molar-refractivity contribution is -0.140. The van der Waals surface area contributed by atoms with Crippen LogP contribution in [0.1, 0.15) is 135 Å². The van der Waals surface area contributed by atoms with Crippen molar-refractivity contribution < 1.29 is 45.3 Å². The van der Waals surface area contributed by atoms with Gasteiger partial charge < -0.3 is 24.0 Å². The van der Waals surface area contributed by atoms with Crippen LogP contribution in [0.25, 0.3) is 0 Å². The number of likely N-dealkylation sites (N-methyl/N-ethyl adjacent to an activating group) is 1. The SMILES string of the molecule is COc1ccc(CO[C@H]2CC(C)(C)Cc3nc(C4CCN(c5ncc(N(C)CCOC(C)=O)cn5)CC4)c([C@@H](F)c4ccc(C(F)(F)F)cc4)c(C4CCC(F)(F)CC4)c32)cc1. The zero-order valence-electron chi connectivity index (χ0n) is 35.9. The van der Waals surface area contributed by atoms with E-state index in [4.69, 9.17) is 19.2 Å². The van der Waals surface area contributed by atoms with Crippen LogP contribution >= 0.6 is 0 Å². The normalized spacial score (nSPS) is 19.7. The molecule has 15 heteroatoms. The molecular weight excluding hydrogens is 813 g/mol. The Morgan fingerprint density at radius 3 is 2.18 bits per heavy atom. The molecule has 0 bridgehead atoms. The summed E-state index contributed by atoms with van der Waals surface area (Å²) in [5, 5.41) is 0. The maximum absolute atomic E-state index is 17.8. The van der Waals surface area contributed by atoms with Gasteiger partial charge in [0.05, 0.1) is 55.7 Å². The molecule has 7 rings (SSSR count). The van der Waals surface area contributed by atoms with E-state index in [1.165, 1.54) is 19.1 Å². The highest BCUT2D eigenvalue weighted by molar-refractivity contribution is 5.66. The van der Waals surface area contributed by atoms with Crippen molar-refractivity contribution in [3.8, 4) is 5.75 Å². The average Bonchev–Trinajstić information content (AvgIpc) is 3.24. The number of ether oxygens (including phenoxy) is 3. The summed E-state index contributed by atoms with van der Waals surface area (Å²) < 4.78 is 106. The second-order valence-corrected chi connectivity index (χ2v) is 17.8. The van der Waals surface area contributed by atoms with E-state index in [-0.39, 0.29) is 67.3 Å². The van der Waals surface area contributed by atoms with Crippen LogP contribution in [0.3, 0.4) is 0 Å². The van der Waals surface area contributed by atoms with Crippen LogP contribution in [0.4, 0.5) is 38.0 Å². The first-order valence-electron chi connectivity index (χ1n) is 21.3. The van der Waals surface area contributed by atoms with Crippen molar-refractivity contribution in [2.45, 2.75) is 115 Å². The Kier molecular flexibility index (Phi) is 13.4. The van der Waals surface area contributed by atoms with Crippen molar-refractivity contribution in [3.63, 3.8) is 0 Å². The van der Waals surface area contributed by atoms with Gasteiger partial charge in [-0.2, -0.15) is 13.2 Å². The number of carbonyl (C=O) groups excluding carboxylic acids is 1. The number of carbonyl (C=O) groups is 1. The number of anilines is 2. The Bertz CT molecular complexity index is 2150. The molecule has 4 aromatic rings. The molecule has 2 aromatic carbocycles. The molecule has 0 amide bonds. The number of nitrogens with zero attached hydrogens (tertiary/aromatic N) is 5. The minimum Gasteiger partial charge on any atom is -0.497 e. The first-order valence-corrected chi connectivity index (χ1v) is 21.3. The molecule has 1 aliphatic heterocycles. The van der Waals surface area contributed by atoms with Crippen molar-refractivity contribution in [3.05, 3.63) is 106 Å². The lowest BCUT2D eigenvalue weighted by Crippen LogP contribution is -2.36. The minimum atomic E-state index is -4.61. The van der Waals surface area contributed by atoms with Gasteiger partial charge >= 0.3 is 12.1 Å².